The van der Waals surface area contributed by atoms with Crippen LogP contribution in [0.4, 0.5) is 16.3 Å². The van der Waals surface area contributed by atoms with E-state index in [1.807, 2.05) is 20.8 Å². The number of hydrogen-bond acceptors (Lipinski definition) is 8. The first-order chi connectivity index (χ1) is 14.2. The Bertz CT molecular complexity index is 937. The number of nitrogens with zero attached hydrogens (tertiary/aromatic N) is 6. The lowest BCUT2D eigenvalue weighted by molar-refractivity contribution is 0.0220. The van der Waals surface area contributed by atoms with Crippen LogP contribution < -0.4 is 10.6 Å². The van der Waals surface area contributed by atoms with Gasteiger partial charge in [0.2, 0.25) is 0 Å². The van der Waals surface area contributed by atoms with Crippen LogP contribution in [0.15, 0.2) is 12.4 Å². The van der Waals surface area contributed by atoms with Crippen LogP contribution >= 0.6 is 0 Å². The Morgan fingerprint density at radius 3 is 2.77 bits per heavy atom. The van der Waals surface area contributed by atoms with Gasteiger partial charge in [-0.05, 0) is 34.1 Å². The Morgan fingerprint density at radius 2 is 2.10 bits per heavy atom. The molecule has 1 unspecified atom stereocenters. The molecule has 4 heterocycles. The summed E-state index contributed by atoms with van der Waals surface area (Å²) in [4.78, 5) is 26.1. The number of hydrogen-bond donors (Lipinski definition) is 1. The van der Waals surface area contributed by atoms with Crippen molar-refractivity contribution in [3.05, 3.63) is 23.7 Å². The molecule has 1 fully saturated rings. The van der Waals surface area contributed by atoms with Gasteiger partial charge in [0.05, 0.1) is 49.6 Å². The number of rotatable bonds is 2. The first-order valence-corrected chi connectivity index (χ1v) is 10.2. The maximum atomic E-state index is 12.6. The van der Waals surface area contributed by atoms with Crippen molar-refractivity contribution in [2.45, 2.75) is 52.3 Å². The van der Waals surface area contributed by atoms with Crippen LogP contribution in [0.3, 0.4) is 0 Å². The summed E-state index contributed by atoms with van der Waals surface area (Å²) in [7, 11) is 0. The number of amides is 1. The van der Waals surface area contributed by atoms with Crippen molar-refractivity contribution in [2.24, 2.45) is 0 Å². The van der Waals surface area contributed by atoms with E-state index in [1.54, 1.807) is 22.0 Å². The van der Waals surface area contributed by atoms with E-state index in [9.17, 15) is 4.79 Å². The fourth-order valence-electron chi connectivity index (χ4n) is 3.71. The molecule has 1 atom stereocenters. The maximum Gasteiger partial charge on any atom is 0.410 e. The first-order valence-electron chi connectivity index (χ1n) is 10.2. The summed E-state index contributed by atoms with van der Waals surface area (Å²) in [6, 6.07) is 0.192. The van der Waals surface area contributed by atoms with Crippen LogP contribution in [0, 0.1) is 0 Å². The van der Waals surface area contributed by atoms with E-state index >= 15 is 0 Å². The summed E-state index contributed by atoms with van der Waals surface area (Å²) in [6.45, 7) is 10.7. The van der Waals surface area contributed by atoms with E-state index in [1.165, 1.54) is 0 Å². The van der Waals surface area contributed by atoms with Crippen LogP contribution in [0.25, 0.3) is 5.95 Å². The number of fused-ring (bicyclic) bond motifs is 1. The van der Waals surface area contributed by atoms with E-state index in [0.29, 0.717) is 44.4 Å². The zero-order valence-corrected chi connectivity index (χ0v) is 18.0. The topological polar surface area (TPSA) is 112 Å². The van der Waals surface area contributed by atoms with Crippen molar-refractivity contribution in [3.8, 4) is 5.95 Å². The molecule has 0 aromatic carbocycles. The normalized spacial score (nSPS) is 19.5. The Kier molecular flexibility index (Phi) is 5.27. The average Bonchev–Trinajstić information content (AvgIpc) is 3.12. The molecule has 0 spiro atoms. The Labute approximate surface area is 176 Å². The number of nitrogen functional groups attached to an aromatic ring is 1. The van der Waals surface area contributed by atoms with Gasteiger partial charge in [-0.25, -0.2) is 14.5 Å². The third-order valence-electron chi connectivity index (χ3n) is 5.13. The largest absolute Gasteiger partial charge is 0.444 e. The van der Waals surface area contributed by atoms with Gasteiger partial charge in [0.1, 0.15) is 11.4 Å². The molecular weight excluding hydrogens is 386 g/mol. The summed E-state index contributed by atoms with van der Waals surface area (Å²) in [5.74, 6) is 1.31. The van der Waals surface area contributed by atoms with Gasteiger partial charge in [-0.15, -0.1) is 0 Å². The van der Waals surface area contributed by atoms with Crippen molar-refractivity contribution in [1.29, 1.82) is 0 Å². The second-order valence-electron chi connectivity index (χ2n) is 8.76. The quantitative estimate of drug-likeness (QED) is 0.790. The van der Waals surface area contributed by atoms with Gasteiger partial charge < -0.3 is 25.0 Å². The molecule has 2 aliphatic rings. The fraction of sp³-hybridized carbons (Fsp3) is 0.600. The molecule has 162 valence electrons. The molecule has 30 heavy (non-hydrogen) atoms. The molecule has 2 aromatic heterocycles. The highest BCUT2D eigenvalue weighted by Crippen LogP contribution is 2.30. The molecule has 0 bridgehead atoms. The minimum Gasteiger partial charge on any atom is -0.444 e. The van der Waals surface area contributed by atoms with Crippen molar-refractivity contribution in [2.75, 3.05) is 36.9 Å². The SMILES string of the molecule is CC1COCCN1c1nc(-n2cc(N)cn2)nc2c1CCN(C(=O)OC(C)(C)C)C2. The molecule has 1 amide bonds. The highest BCUT2D eigenvalue weighted by molar-refractivity contribution is 5.69. The number of carbonyl (C=O) groups excluding carboxylic acids is 1. The summed E-state index contributed by atoms with van der Waals surface area (Å²) in [6.07, 6.45) is 3.57. The van der Waals surface area contributed by atoms with Crippen LogP contribution in [0.1, 0.15) is 39.0 Å². The van der Waals surface area contributed by atoms with Gasteiger partial charge in [-0.3, -0.25) is 0 Å². The Morgan fingerprint density at radius 1 is 1.30 bits per heavy atom. The smallest absolute Gasteiger partial charge is 0.410 e. The van der Waals surface area contributed by atoms with Gasteiger partial charge in [-0.2, -0.15) is 10.1 Å². The van der Waals surface area contributed by atoms with Gasteiger partial charge in [0.25, 0.3) is 5.95 Å². The molecule has 2 aliphatic heterocycles. The highest BCUT2D eigenvalue weighted by atomic mass is 16.6. The van der Waals surface area contributed by atoms with E-state index in [-0.39, 0.29) is 12.1 Å². The lowest BCUT2D eigenvalue weighted by atomic mass is 10.0. The zero-order valence-electron chi connectivity index (χ0n) is 18.0. The molecule has 0 saturated carbocycles. The van der Waals surface area contributed by atoms with Crippen molar-refractivity contribution in [3.63, 3.8) is 0 Å². The van der Waals surface area contributed by atoms with Gasteiger partial charge >= 0.3 is 6.09 Å². The number of anilines is 2. The maximum absolute atomic E-state index is 12.6. The van der Waals surface area contributed by atoms with Crippen molar-refractivity contribution < 1.29 is 14.3 Å². The molecule has 0 aliphatic carbocycles. The Balaban J connectivity index is 1.72. The summed E-state index contributed by atoms with van der Waals surface area (Å²) in [5, 5.41) is 4.26. The van der Waals surface area contributed by atoms with Crippen molar-refractivity contribution >= 4 is 17.6 Å². The minimum absolute atomic E-state index is 0.192. The second-order valence-corrected chi connectivity index (χ2v) is 8.76. The number of carbonyl (C=O) groups is 1. The van der Waals surface area contributed by atoms with Crippen LogP contribution in [-0.4, -0.2) is 68.7 Å². The van der Waals surface area contributed by atoms with Crippen LogP contribution in [0.5, 0.6) is 0 Å². The molecule has 1 saturated heterocycles. The van der Waals surface area contributed by atoms with Crippen LogP contribution in [0.2, 0.25) is 0 Å². The fourth-order valence-corrected chi connectivity index (χ4v) is 3.71. The Hall–Kier alpha value is -2.88. The van der Waals surface area contributed by atoms with Gasteiger partial charge in [-0.1, -0.05) is 0 Å². The van der Waals surface area contributed by atoms with E-state index in [2.05, 4.69) is 16.9 Å². The molecular formula is C20H29N7O3. The van der Waals surface area contributed by atoms with Crippen molar-refractivity contribution in [1.82, 2.24) is 24.6 Å². The van der Waals surface area contributed by atoms with Gasteiger partial charge in [0, 0.05) is 18.7 Å². The lowest BCUT2D eigenvalue weighted by Crippen LogP contribution is -2.46. The molecule has 4 rings (SSSR count). The number of nitrogens with two attached hydrogens (primary N) is 1. The van der Waals surface area contributed by atoms with E-state index < -0.39 is 5.60 Å². The van der Waals surface area contributed by atoms with E-state index in [0.717, 1.165) is 23.6 Å². The molecule has 2 aromatic rings. The van der Waals surface area contributed by atoms with Gasteiger partial charge in [0.15, 0.2) is 0 Å². The summed E-state index contributed by atoms with van der Waals surface area (Å²) < 4.78 is 12.7. The highest BCUT2D eigenvalue weighted by Gasteiger charge is 2.32. The average molecular weight is 415 g/mol. The third-order valence-corrected chi connectivity index (χ3v) is 5.13. The molecule has 0 radical (unpaired) electrons. The number of morpholine rings is 1. The second kappa shape index (κ2) is 7.75. The number of ether oxygens (including phenoxy) is 2. The number of aromatic nitrogens is 4. The summed E-state index contributed by atoms with van der Waals surface area (Å²) in [5.41, 5.74) is 7.70. The third kappa shape index (κ3) is 4.18. The van der Waals surface area contributed by atoms with Crippen LogP contribution in [-0.2, 0) is 22.4 Å². The minimum atomic E-state index is -0.546. The molecule has 2 N–H and O–H groups in total. The standard InChI is InChI=1S/C20H29N7O3/c1-13-12-29-8-7-26(13)17-15-5-6-25(19(28)30-20(2,3)4)11-16(15)23-18(24-17)27-10-14(21)9-22-27/h9-10,13H,5-8,11-12,21H2,1-4H3. The summed E-state index contributed by atoms with van der Waals surface area (Å²) >= 11 is 0. The monoisotopic (exact) mass is 415 g/mol. The predicted molar refractivity (Wildman–Crippen MR) is 112 cm³/mol. The van der Waals surface area contributed by atoms with E-state index in [4.69, 9.17) is 25.2 Å². The first kappa shape index (κ1) is 20.4. The molecule has 10 heteroatoms. The lowest BCUT2D eigenvalue weighted by Gasteiger charge is -2.37. The predicted octanol–water partition coefficient (Wildman–Crippen LogP) is 1.76. The zero-order chi connectivity index (χ0) is 21.5. The molecule has 10 nitrogen and oxygen atoms in total.